The van der Waals surface area contributed by atoms with Crippen molar-refractivity contribution >= 4 is 9.84 Å². The Morgan fingerprint density at radius 3 is 2.71 bits per heavy atom. The number of halogens is 1. The van der Waals surface area contributed by atoms with Crippen LogP contribution in [0.3, 0.4) is 0 Å². The molecule has 1 aromatic carbocycles. The zero-order chi connectivity index (χ0) is 10.6. The van der Waals surface area contributed by atoms with Crippen LogP contribution in [0.2, 0.25) is 0 Å². The quantitative estimate of drug-likeness (QED) is 0.718. The predicted molar refractivity (Wildman–Crippen MR) is 54.1 cm³/mol. The molecule has 0 aromatic heterocycles. The van der Waals surface area contributed by atoms with E-state index in [0.717, 1.165) is 0 Å². The fourth-order valence-corrected chi connectivity index (χ4v) is 2.28. The van der Waals surface area contributed by atoms with Crippen LogP contribution < -0.4 is 0 Å². The summed E-state index contributed by atoms with van der Waals surface area (Å²) >= 11 is 0. The van der Waals surface area contributed by atoms with E-state index in [0.29, 0.717) is 5.56 Å². The molecule has 0 bridgehead atoms. The summed E-state index contributed by atoms with van der Waals surface area (Å²) in [5.41, 5.74) is 0.465. The highest BCUT2D eigenvalue weighted by Gasteiger charge is 2.09. The second-order valence-electron chi connectivity index (χ2n) is 2.97. The van der Waals surface area contributed by atoms with Gasteiger partial charge in [-0.3, -0.25) is 0 Å². The molecule has 0 spiro atoms. The van der Waals surface area contributed by atoms with E-state index in [4.69, 9.17) is 0 Å². The Morgan fingerprint density at radius 1 is 1.43 bits per heavy atom. The molecule has 0 aliphatic rings. The van der Waals surface area contributed by atoms with Crippen LogP contribution in [-0.2, 0) is 15.6 Å². The maximum atomic E-state index is 12.7. The molecule has 76 valence electrons. The summed E-state index contributed by atoms with van der Waals surface area (Å²) in [6, 6.07) is 5.59. The number of benzene rings is 1. The summed E-state index contributed by atoms with van der Waals surface area (Å²) < 4.78 is 35.3. The average Bonchev–Trinajstić information content (AvgIpc) is 2.02. The Morgan fingerprint density at radius 2 is 2.14 bits per heavy atom. The van der Waals surface area contributed by atoms with Crippen molar-refractivity contribution in [3.8, 4) is 0 Å². The van der Waals surface area contributed by atoms with Gasteiger partial charge in [0.25, 0.3) is 0 Å². The number of sulfone groups is 1. The van der Waals surface area contributed by atoms with Crippen LogP contribution >= 0.6 is 0 Å². The van der Waals surface area contributed by atoms with E-state index in [2.05, 4.69) is 6.58 Å². The first-order valence-electron chi connectivity index (χ1n) is 4.09. The zero-order valence-corrected chi connectivity index (χ0v) is 8.43. The molecule has 0 atom stereocenters. The fourth-order valence-electron chi connectivity index (χ4n) is 1.12. The Kier molecular flexibility index (Phi) is 3.41. The highest BCUT2D eigenvalue weighted by atomic mass is 32.2. The molecule has 0 saturated carbocycles. The summed E-state index contributed by atoms with van der Waals surface area (Å²) in [6.45, 7) is 3.35. The minimum absolute atomic E-state index is 0.0798. The highest BCUT2D eigenvalue weighted by Crippen LogP contribution is 2.08. The molecule has 14 heavy (non-hydrogen) atoms. The smallest absolute Gasteiger partial charge is 0.157 e. The summed E-state index contributed by atoms with van der Waals surface area (Å²) in [4.78, 5) is 0. The van der Waals surface area contributed by atoms with Crippen LogP contribution in [0, 0.1) is 5.82 Å². The van der Waals surface area contributed by atoms with Gasteiger partial charge in [0.2, 0.25) is 0 Å². The van der Waals surface area contributed by atoms with Gasteiger partial charge in [-0.2, -0.15) is 0 Å². The lowest BCUT2D eigenvalue weighted by Gasteiger charge is -2.01. The molecule has 0 unspecified atom stereocenters. The first kappa shape index (κ1) is 10.9. The van der Waals surface area contributed by atoms with E-state index in [-0.39, 0.29) is 11.5 Å². The van der Waals surface area contributed by atoms with Gasteiger partial charge >= 0.3 is 0 Å². The van der Waals surface area contributed by atoms with Crippen molar-refractivity contribution in [2.24, 2.45) is 0 Å². The standard InChI is InChI=1S/C10H11FO2S/c1-2-6-14(12,13)8-9-4-3-5-10(11)7-9/h2-5,7H,1,6,8H2. The normalized spacial score (nSPS) is 11.2. The first-order chi connectivity index (χ1) is 6.53. The molecule has 0 N–H and O–H groups in total. The van der Waals surface area contributed by atoms with Crippen LogP contribution in [0.15, 0.2) is 36.9 Å². The van der Waals surface area contributed by atoms with Crippen LogP contribution in [0.25, 0.3) is 0 Å². The maximum Gasteiger partial charge on any atom is 0.157 e. The third kappa shape index (κ3) is 3.30. The first-order valence-corrected chi connectivity index (χ1v) is 5.91. The molecule has 0 radical (unpaired) electrons. The third-order valence-corrected chi connectivity index (χ3v) is 3.16. The number of hydrogen-bond acceptors (Lipinski definition) is 2. The Labute approximate surface area is 83.0 Å². The molecule has 0 fully saturated rings. The topological polar surface area (TPSA) is 34.1 Å². The van der Waals surface area contributed by atoms with Gasteiger partial charge < -0.3 is 0 Å². The minimum atomic E-state index is -3.19. The van der Waals surface area contributed by atoms with Gasteiger partial charge in [0.1, 0.15) is 5.82 Å². The lowest BCUT2D eigenvalue weighted by Crippen LogP contribution is -2.07. The van der Waals surface area contributed by atoms with Crippen molar-refractivity contribution in [1.82, 2.24) is 0 Å². The summed E-state index contributed by atoms with van der Waals surface area (Å²) in [7, 11) is -3.19. The van der Waals surface area contributed by atoms with E-state index in [1.165, 1.54) is 24.3 Å². The molecule has 1 aromatic rings. The molecule has 0 aliphatic heterocycles. The lowest BCUT2D eigenvalue weighted by molar-refractivity contribution is 0.597. The van der Waals surface area contributed by atoms with Crippen molar-refractivity contribution in [2.75, 3.05) is 5.75 Å². The van der Waals surface area contributed by atoms with Crippen molar-refractivity contribution in [1.29, 1.82) is 0 Å². The van der Waals surface area contributed by atoms with Gasteiger partial charge in [0.05, 0.1) is 11.5 Å². The molecule has 1 rings (SSSR count). The summed E-state index contributed by atoms with van der Waals surface area (Å²) in [5, 5.41) is 0. The summed E-state index contributed by atoms with van der Waals surface area (Å²) in [6.07, 6.45) is 1.33. The van der Waals surface area contributed by atoms with Crippen LogP contribution in [0.4, 0.5) is 4.39 Å². The molecular weight excluding hydrogens is 203 g/mol. The summed E-state index contributed by atoms with van der Waals surface area (Å²) in [5.74, 6) is -0.642. The van der Waals surface area contributed by atoms with Crippen LogP contribution in [0.1, 0.15) is 5.56 Å². The number of hydrogen-bond donors (Lipinski definition) is 0. The Bertz CT molecular complexity index is 424. The van der Waals surface area contributed by atoms with Crippen molar-refractivity contribution in [3.05, 3.63) is 48.3 Å². The molecule has 0 amide bonds. The van der Waals surface area contributed by atoms with Gasteiger partial charge in [0.15, 0.2) is 9.84 Å². The predicted octanol–water partition coefficient (Wildman–Crippen LogP) is 1.93. The lowest BCUT2D eigenvalue weighted by atomic mass is 10.2. The van der Waals surface area contributed by atoms with Gasteiger partial charge in [-0.1, -0.05) is 18.2 Å². The Balaban J connectivity index is 2.84. The van der Waals surface area contributed by atoms with Gasteiger partial charge in [-0.05, 0) is 17.7 Å². The van der Waals surface area contributed by atoms with Gasteiger partial charge in [-0.25, -0.2) is 12.8 Å². The van der Waals surface area contributed by atoms with Crippen molar-refractivity contribution < 1.29 is 12.8 Å². The van der Waals surface area contributed by atoms with Gasteiger partial charge in [-0.15, -0.1) is 6.58 Å². The Hall–Kier alpha value is -1.16. The maximum absolute atomic E-state index is 12.7. The van der Waals surface area contributed by atoms with E-state index in [9.17, 15) is 12.8 Å². The van der Waals surface area contributed by atoms with Crippen molar-refractivity contribution in [2.45, 2.75) is 5.75 Å². The number of rotatable bonds is 4. The molecular formula is C10H11FO2S. The van der Waals surface area contributed by atoms with E-state index in [1.807, 2.05) is 0 Å². The molecule has 0 aliphatic carbocycles. The molecule has 4 heteroatoms. The second-order valence-corrected chi connectivity index (χ2v) is 5.08. The SMILES string of the molecule is C=CCS(=O)(=O)Cc1cccc(F)c1. The average molecular weight is 214 g/mol. The highest BCUT2D eigenvalue weighted by molar-refractivity contribution is 7.90. The van der Waals surface area contributed by atoms with E-state index in [1.54, 1.807) is 6.07 Å². The third-order valence-electron chi connectivity index (χ3n) is 1.65. The fraction of sp³-hybridized carbons (Fsp3) is 0.200. The van der Waals surface area contributed by atoms with Crippen LogP contribution in [-0.4, -0.2) is 14.2 Å². The second kappa shape index (κ2) is 4.37. The molecule has 0 heterocycles. The van der Waals surface area contributed by atoms with E-state index >= 15 is 0 Å². The van der Waals surface area contributed by atoms with Crippen LogP contribution in [0.5, 0.6) is 0 Å². The minimum Gasteiger partial charge on any atom is -0.228 e. The largest absolute Gasteiger partial charge is 0.228 e. The zero-order valence-electron chi connectivity index (χ0n) is 7.61. The van der Waals surface area contributed by atoms with E-state index < -0.39 is 15.7 Å². The molecule has 0 saturated heterocycles. The monoisotopic (exact) mass is 214 g/mol. The van der Waals surface area contributed by atoms with Crippen molar-refractivity contribution in [3.63, 3.8) is 0 Å². The van der Waals surface area contributed by atoms with Gasteiger partial charge in [0, 0.05) is 0 Å². The molecule has 2 nitrogen and oxygen atoms in total.